The fourth-order valence-electron chi connectivity index (χ4n) is 2.96. The summed E-state index contributed by atoms with van der Waals surface area (Å²) >= 11 is 0. The van der Waals surface area contributed by atoms with Crippen LogP contribution in [0.25, 0.3) is 0 Å². The van der Waals surface area contributed by atoms with Crippen LogP contribution < -0.4 is 0 Å². The zero-order valence-corrected chi connectivity index (χ0v) is 8.05. The third-order valence-corrected chi connectivity index (χ3v) is 3.98. The average molecular weight is 166 g/mol. The Morgan fingerprint density at radius 3 is 2.67 bits per heavy atom. The van der Waals surface area contributed by atoms with Gasteiger partial charge in [-0.2, -0.15) is 0 Å². The van der Waals surface area contributed by atoms with Crippen molar-refractivity contribution >= 4 is 5.78 Å². The first-order chi connectivity index (χ1) is 5.68. The van der Waals surface area contributed by atoms with Gasteiger partial charge < -0.3 is 0 Å². The largest absolute Gasteiger partial charge is 0.299 e. The minimum atomic E-state index is 0.431. The molecule has 0 aromatic carbocycles. The highest BCUT2D eigenvalue weighted by Gasteiger charge is 2.39. The summed E-state index contributed by atoms with van der Waals surface area (Å²) in [6.45, 7) is 4.49. The molecule has 0 aromatic heterocycles. The molecule has 0 heterocycles. The third-order valence-electron chi connectivity index (χ3n) is 3.98. The molecule has 68 valence electrons. The number of ketones is 1. The van der Waals surface area contributed by atoms with Crippen LogP contribution in [-0.4, -0.2) is 5.78 Å². The summed E-state index contributed by atoms with van der Waals surface area (Å²) in [4.78, 5) is 11.6. The normalized spacial score (nSPS) is 47.7. The van der Waals surface area contributed by atoms with Crippen molar-refractivity contribution in [1.82, 2.24) is 0 Å². The molecule has 1 nitrogen and oxygen atoms in total. The summed E-state index contributed by atoms with van der Waals surface area (Å²) in [7, 11) is 0. The van der Waals surface area contributed by atoms with Gasteiger partial charge in [-0.15, -0.1) is 0 Å². The lowest BCUT2D eigenvalue weighted by Crippen LogP contribution is -2.38. The quantitative estimate of drug-likeness (QED) is 0.540. The second-order valence-corrected chi connectivity index (χ2v) is 4.80. The lowest BCUT2D eigenvalue weighted by Gasteiger charge is -2.41. The van der Waals surface area contributed by atoms with E-state index in [4.69, 9.17) is 0 Å². The van der Waals surface area contributed by atoms with E-state index in [0.717, 1.165) is 12.3 Å². The number of fused-ring (bicyclic) bond motifs is 2. The molecule has 2 aliphatic carbocycles. The molecule has 0 spiro atoms. The van der Waals surface area contributed by atoms with Crippen molar-refractivity contribution in [2.45, 2.75) is 39.5 Å². The maximum absolute atomic E-state index is 11.6. The Balaban J connectivity index is 2.14. The lowest BCUT2D eigenvalue weighted by molar-refractivity contribution is -0.131. The molecule has 0 saturated heterocycles. The summed E-state index contributed by atoms with van der Waals surface area (Å²) in [6.07, 6.45) is 4.71. The van der Waals surface area contributed by atoms with E-state index in [1.807, 2.05) is 0 Å². The van der Waals surface area contributed by atoms with Crippen LogP contribution in [0.2, 0.25) is 0 Å². The van der Waals surface area contributed by atoms with Crippen LogP contribution >= 0.6 is 0 Å². The fourth-order valence-corrected chi connectivity index (χ4v) is 2.96. The Morgan fingerprint density at radius 2 is 1.92 bits per heavy atom. The van der Waals surface area contributed by atoms with E-state index in [0.29, 0.717) is 23.5 Å². The molecule has 0 aliphatic heterocycles. The van der Waals surface area contributed by atoms with Crippen LogP contribution in [0, 0.1) is 23.7 Å². The predicted molar refractivity (Wildman–Crippen MR) is 48.8 cm³/mol. The Morgan fingerprint density at radius 1 is 1.17 bits per heavy atom. The van der Waals surface area contributed by atoms with Crippen LogP contribution in [0.1, 0.15) is 39.5 Å². The van der Waals surface area contributed by atoms with Gasteiger partial charge in [-0.1, -0.05) is 13.8 Å². The molecule has 0 radical (unpaired) electrons. The molecule has 2 rings (SSSR count). The topological polar surface area (TPSA) is 17.1 Å². The van der Waals surface area contributed by atoms with E-state index in [-0.39, 0.29) is 0 Å². The molecular weight excluding hydrogens is 148 g/mol. The fraction of sp³-hybridized carbons (Fsp3) is 0.909. The van der Waals surface area contributed by atoms with Crippen molar-refractivity contribution in [3.63, 3.8) is 0 Å². The number of carbonyl (C=O) groups is 1. The van der Waals surface area contributed by atoms with Crippen molar-refractivity contribution in [1.29, 1.82) is 0 Å². The van der Waals surface area contributed by atoms with Crippen LogP contribution in [0.3, 0.4) is 0 Å². The Kier molecular flexibility index (Phi) is 1.97. The van der Waals surface area contributed by atoms with Gasteiger partial charge in [0.2, 0.25) is 0 Å². The number of Topliss-reactive ketones (excluding diaryl/α,β-unsaturated/α-hetero) is 1. The molecule has 2 fully saturated rings. The molecule has 4 unspecified atom stereocenters. The molecule has 2 saturated carbocycles. The maximum Gasteiger partial charge on any atom is 0.136 e. The minimum Gasteiger partial charge on any atom is -0.299 e. The van der Waals surface area contributed by atoms with E-state index in [1.54, 1.807) is 0 Å². The van der Waals surface area contributed by atoms with Gasteiger partial charge in [0.25, 0.3) is 0 Å². The Labute approximate surface area is 74.5 Å². The summed E-state index contributed by atoms with van der Waals surface area (Å²) in [5.41, 5.74) is 0. The van der Waals surface area contributed by atoms with E-state index < -0.39 is 0 Å². The number of carbonyl (C=O) groups excluding carboxylic acids is 1. The molecule has 0 amide bonds. The van der Waals surface area contributed by atoms with Crippen molar-refractivity contribution in [3.8, 4) is 0 Å². The van der Waals surface area contributed by atoms with Gasteiger partial charge in [-0.05, 0) is 37.0 Å². The average Bonchev–Trinajstić information content (AvgIpc) is 2.03. The first-order valence-electron chi connectivity index (χ1n) is 5.21. The molecular formula is C11H18O. The molecule has 0 aromatic rings. The standard InChI is InChI=1S/C11H18O/c1-7-3-4-9-6-10(7)11(12)5-8(9)2/h7-10H,3-6H2,1-2H3. The number of hydrogen-bond donors (Lipinski definition) is 0. The summed E-state index contributed by atoms with van der Waals surface area (Å²) in [5, 5.41) is 0. The summed E-state index contributed by atoms with van der Waals surface area (Å²) in [5.74, 6) is 3.18. The Hall–Kier alpha value is -0.330. The summed E-state index contributed by atoms with van der Waals surface area (Å²) in [6, 6.07) is 0. The van der Waals surface area contributed by atoms with Gasteiger partial charge in [-0.3, -0.25) is 4.79 Å². The van der Waals surface area contributed by atoms with Gasteiger partial charge in [0, 0.05) is 12.3 Å². The van der Waals surface area contributed by atoms with Crippen LogP contribution in [0.5, 0.6) is 0 Å². The predicted octanol–water partition coefficient (Wildman–Crippen LogP) is 2.65. The highest BCUT2D eigenvalue weighted by atomic mass is 16.1. The molecule has 2 bridgehead atoms. The second-order valence-electron chi connectivity index (χ2n) is 4.80. The van der Waals surface area contributed by atoms with Crippen LogP contribution in [0.4, 0.5) is 0 Å². The maximum atomic E-state index is 11.6. The van der Waals surface area contributed by atoms with Gasteiger partial charge in [0.05, 0.1) is 0 Å². The van der Waals surface area contributed by atoms with E-state index in [1.165, 1.54) is 19.3 Å². The first kappa shape index (κ1) is 8.28. The van der Waals surface area contributed by atoms with E-state index in [2.05, 4.69) is 13.8 Å². The zero-order chi connectivity index (χ0) is 8.72. The van der Waals surface area contributed by atoms with Crippen molar-refractivity contribution in [2.24, 2.45) is 23.7 Å². The van der Waals surface area contributed by atoms with E-state index >= 15 is 0 Å². The van der Waals surface area contributed by atoms with Gasteiger partial charge in [0.1, 0.15) is 5.78 Å². The van der Waals surface area contributed by atoms with Crippen molar-refractivity contribution in [2.75, 3.05) is 0 Å². The van der Waals surface area contributed by atoms with Gasteiger partial charge in [0.15, 0.2) is 0 Å². The smallest absolute Gasteiger partial charge is 0.136 e. The number of rotatable bonds is 0. The minimum absolute atomic E-state index is 0.431. The highest BCUT2D eigenvalue weighted by molar-refractivity contribution is 5.82. The Bertz CT molecular complexity index is 197. The molecule has 12 heavy (non-hydrogen) atoms. The first-order valence-corrected chi connectivity index (χ1v) is 5.21. The van der Waals surface area contributed by atoms with Crippen molar-refractivity contribution in [3.05, 3.63) is 0 Å². The van der Waals surface area contributed by atoms with E-state index in [9.17, 15) is 4.79 Å². The zero-order valence-electron chi connectivity index (χ0n) is 8.05. The SMILES string of the molecule is CC1CC(=O)C2CC1CCC2C. The lowest BCUT2D eigenvalue weighted by atomic mass is 9.63. The molecule has 0 N–H and O–H groups in total. The third kappa shape index (κ3) is 1.19. The second kappa shape index (κ2) is 2.86. The van der Waals surface area contributed by atoms with Crippen LogP contribution in [0.15, 0.2) is 0 Å². The van der Waals surface area contributed by atoms with Gasteiger partial charge in [-0.25, -0.2) is 0 Å². The highest BCUT2D eigenvalue weighted by Crippen LogP contribution is 2.43. The van der Waals surface area contributed by atoms with Gasteiger partial charge >= 0.3 is 0 Å². The molecule has 4 atom stereocenters. The monoisotopic (exact) mass is 166 g/mol. The molecule has 2 aliphatic rings. The van der Waals surface area contributed by atoms with Crippen molar-refractivity contribution < 1.29 is 4.79 Å². The number of hydrogen-bond acceptors (Lipinski definition) is 1. The summed E-state index contributed by atoms with van der Waals surface area (Å²) < 4.78 is 0. The molecule has 1 heteroatoms. The van der Waals surface area contributed by atoms with Crippen LogP contribution in [-0.2, 0) is 4.79 Å².